The van der Waals surface area contributed by atoms with E-state index in [0.29, 0.717) is 10.8 Å². The summed E-state index contributed by atoms with van der Waals surface area (Å²) in [4.78, 5) is 13.4. The molecule has 3 aromatic heterocycles. The van der Waals surface area contributed by atoms with Gasteiger partial charge in [-0.3, -0.25) is 4.79 Å². The van der Waals surface area contributed by atoms with Gasteiger partial charge in [0.25, 0.3) is 0 Å². The molecule has 0 radical (unpaired) electrons. The van der Waals surface area contributed by atoms with Gasteiger partial charge in [-0.2, -0.15) is 0 Å². The number of nitrogens with zero attached hydrogens (tertiary/aromatic N) is 2. The van der Waals surface area contributed by atoms with E-state index in [-0.39, 0.29) is 5.43 Å². The van der Waals surface area contributed by atoms with E-state index in [1.807, 2.05) is 60.7 Å². The minimum Gasteiger partial charge on any atom is -0.383 e. The summed E-state index contributed by atoms with van der Waals surface area (Å²) in [6.07, 6.45) is -0.878. The predicted octanol–water partition coefficient (Wildman–Crippen LogP) is 9.82. The molecule has 4 heterocycles. The SMILES string of the molecule is O=c1c2ccccc2n2c3c(cccc13)C(O)c1cc(-c3ccc4c(c3)c(=S)c3cccc5c(=S)c6ccccc6n4c53)ccc1-2. The minimum absolute atomic E-state index is 0.0205. The van der Waals surface area contributed by atoms with Crippen LogP contribution in [0.4, 0.5) is 0 Å². The summed E-state index contributed by atoms with van der Waals surface area (Å²) in [5.74, 6) is 0. The first-order chi connectivity index (χ1) is 22.5. The van der Waals surface area contributed by atoms with E-state index in [1.54, 1.807) is 0 Å². The molecule has 0 bridgehead atoms. The molecule has 1 N–H and O–H groups in total. The van der Waals surface area contributed by atoms with Crippen LogP contribution < -0.4 is 5.43 Å². The first-order valence-corrected chi connectivity index (χ1v) is 16.0. The Balaban J connectivity index is 1.25. The van der Waals surface area contributed by atoms with Crippen molar-refractivity contribution in [2.24, 2.45) is 0 Å². The van der Waals surface area contributed by atoms with Crippen molar-refractivity contribution in [2.75, 3.05) is 0 Å². The van der Waals surface area contributed by atoms with E-state index < -0.39 is 6.10 Å². The third-order valence-corrected chi connectivity index (χ3v) is 10.6. The number of fused-ring (bicyclic) bond motifs is 8. The van der Waals surface area contributed by atoms with Gasteiger partial charge in [0.2, 0.25) is 0 Å². The minimum atomic E-state index is -0.878. The monoisotopic (exact) mass is 626 g/mol. The molecule has 0 saturated carbocycles. The molecule has 9 aromatic rings. The van der Waals surface area contributed by atoms with E-state index in [1.165, 1.54) is 0 Å². The normalized spacial score (nSPS) is 14.2. The second kappa shape index (κ2) is 9.14. The van der Waals surface area contributed by atoms with Gasteiger partial charge >= 0.3 is 0 Å². The first-order valence-electron chi connectivity index (χ1n) is 15.2. The molecular formula is C40H22N2O2S2. The molecule has 216 valence electrons. The highest BCUT2D eigenvalue weighted by molar-refractivity contribution is 7.72. The van der Waals surface area contributed by atoms with Crippen molar-refractivity contribution in [3.8, 4) is 16.8 Å². The second-order valence-electron chi connectivity index (χ2n) is 12.0. The van der Waals surface area contributed by atoms with E-state index in [2.05, 4.69) is 69.6 Å². The Kier molecular flexibility index (Phi) is 5.17. The lowest BCUT2D eigenvalue weighted by Gasteiger charge is -2.29. The van der Waals surface area contributed by atoms with Gasteiger partial charge < -0.3 is 14.1 Å². The van der Waals surface area contributed by atoms with Crippen molar-refractivity contribution in [3.05, 3.63) is 152 Å². The van der Waals surface area contributed by atoms with E-state index in [0.717, 1.165) is 86.1 Å². The van der Waals surface area contributed by atoms with Gasteiger partial charge in [-0.15, -0.1) is 0 Å². The molecule has 1 aliphatic rings. The number of hydrogen-bond acceptors (Lipinski definition) is 4. The number of para-hydroxylation sites is 4. The maximum absolute atomic E-state index is 13.4. The van der Waals surface area contributed by atoms with Gasteiger partial charge in [-0.1, -0.05) is 97.2 Å². The molecule has 1 aliphatic heterocycles. The highest BCUT2D eigenvalue weighted by Gasteiger charge is 2.28. The van der Waals surface area contributed by atoms with Gasteiger partial charge in [0.15, 0.2) is 5.43 Å². The molecule has 6 aromatic carbocycles. The molecule has 0 fully saturated rings. The average molecular weight is 627 g/mol. The second-order valence-corrected chi connectivity index (χ2v) is 12.9. The van der Waals surface area contributed by atoms with E-state index in [4.69, 9.17) is 24.4 Å². The molecule has 46 heavy (non-hydrogen) atoms. The zero-order valence-electron chi connectivity index (χ0n) is 24.2. The first kappa shape index (κ1) is 26.0. The van der Waals surface area contributed by atoms with Crippen molar-refractivity contribution in [2.45, 2.75) is 6.10 Å². The summed E-state index contributed by atoms with van der Waals surface area (Å²) in [5.41, 5.74) is 9.06. The maximum Gasteiger partial charge on any atom is 0.197 e. The van der Waals surface area contributed by atoms with Crippen molar-refractivity contribution in [3.63, 3.8) is 0 Å². The van der Waals surface area contributed by atoms with Crippen LogP contribution >= 0.6 is 24.4 Å². The van der Waals surface area contributed by atoms with Crippen LogP contribution in [0.3, 0.4) is 0 Å². The lowest BCUT2D eigenvalue weighted by Crippen LogP contribution is -2.19. The highest BCUT2D eigenvalue weighted by Crippen LogP contribution is 2.42. The number of hydrogen-bond donors (Lipinski definition) is 1. The van der Waals surface area contributed by atoms with Crippen LogP contribution in [-0.4, -0.2) is 14.1 Å². The third kappa shape index (κ3) is 3.23. The lowest BCUT2D eigenvalue weighted by molar-refractivity contribution is 0.219. The fourth-order valence-electron chi connectivity index (χ4n) is 7.68. The topological polar surface area (TPSA) is 46.6 Å². The summed E-state index contributed by atoms with van der Waals surface area (Å²) in [5, 5.41) is 17.1. The van der Waals surface area contributed by atoms with Crippen LogP contribution in [0.1, 0.15) is 17.2 Å². The quantitative estimate of drug-likeness (QED) is 0.112. The van der Waals surface area contributed by atoms with Gasteiger partial charge in [-0.25, -0.2) is 0 Å². The van der Waals surface area contributed by atoms with Crippen LogP contribution in [0.15, 0.2) is 126 Å². The predicted molar refractivity (Wildman–Crippen MR) is 193 cm³/mol. The third-order valence-electron chi connectivity index (χ3n) is 9.74. The molecule has 0 amide bonds. The van der Waals surface area contributed by atoms with Crippen molar-refractivity contribution >= 4 is 84.3 Å². The number of aliphatic hydroxyl groups excluding tert-OH is 1. The largest absolute Gasteiger partial charge is 0.383 e. The van der Waals surface area contributed by atoms with Gasteiger partial charge in [-0.05, 0) is 59.7 Å². The Morgan fingerprint density at radius 1 is 0.522 bits per heavy atom. The molecule has 1 atom stereocenters. The Bertz CT molecular complexity index is 3010. The lowest BCUT2D eigenvalue weighted by atomic mass is 9.89. The number of rotatable bonds is 1. The van der Waals surface area contributed by atoms with Crippen LogP contribution in [0.25, 0.3) is 76.7 Å². The molecule has 0 aliphatic carbocycles. The Morgan fingerprint density at radius 3 is 1.96 bits per heavy atom. The standard InChI is InChI=1S/C40H22N2O2S2/c43-37-23-7-1-3-13-31(23)41-33-17-15-21(19-29(33)38(44)26-10-5-9-25(37)35(26)41)22-16-18-34-30(20-22)40(46)28-12-6-11-27-36(28)42(34)32-14-4-2-8-24(32)39(27)45/h1-20,38,44H. The molecule has 10 rings (SSSR count). The molecule has 4 nitrogen and oxygen atoms in total. The fourth-order valence-corrected chi connectivity index (χ4v) is 8.35. The summed E-state index contributed by atoms with van der Waals surface area (Å²) in [7, 11) is 0. The van der Waals surface area contributed by atoms with Gasteiger partial charge in [0.1, 0.15) is 6.10 Å². The summed E-state index contributed by atoms with van der Waals surface area (Å²) in [6, 6.07) is 40.5. The van der Waals surface area contributed by atoms with Gasteiger partial charge in [0.05, 0.1) is 42.3 Å². The number of benzene rings is 6. The molecule has 0 saturated heterocycles. The molecule has 0 spiro atoms. The number of aromatic nitrogens is 2. The summed E-state index contributed by atoms with van der Waals surface area (Å²) >= 11 is 12.1. The van der Waals surface area contributed by atoms with Crippen LogP contribution in [0, 0.1) is 9.02 Å². The van der Waals surface area contributed by atoms with Crippen LogP contribution in [0.5, 0.6) is 0 Å². The average Bonchev–Trinajstić information content (AvgIpc) is 3.10. The Labute approximate surface area is 272 Å². The van der Waals surface area contributed by atoms with Gasteiger partial charge in [0, 0.05) is 43.4 Å². The Hall–Kier alpha value is -5.27. The Morgan fingerprint density at radius 2 is 1.13 bits per heavy atom. The number of aliphatic hydroxyl groups is 1. The smallest absolute Gasteiger partial charge is 0.197 e. The van der Waals surface area contributed by atoms with Crippen molar-refractivity contribution in [1.82, 2.24) is 8.97 Å². The zero-order chi connectivity index (χ0) is 30.8. The fraction of sp³-hybridized carbons (Fsp3) is 0.0250. The molecular weight excluding hydrogens is 605 g/mol. The summed E-state index contributed by atoms with van der Waals surface area (Å²) < 4.78 is 6.06. The number of pyridine rings is 3. The maximum atomic E-state index is 13.4. The molecule has 6 heteroatoms. The summed E-state index contributed by atoms with van der Waals surface area (Å²) in [6.45, 7) is 0. The van der Waals surface area contributed by atoms with E-state index in [9.17, 15) is 9.90 Å². The van der Waals surface area contributed by atoms with Crippen molar-refractivity contribution in [1.29, 1.82) is 0 Å². The van der Waals surface area contributed by atoms with Crippen LogP contribution in [-0.2, 0) is 0 Å². The van der Waals surface area contributed by atoms with Crippen LogP contribution in [0.2, 0.25) is 0 Å². The molecule has 1 unspecified atom stereocenters. The van der Waals surface area contributed by atoms with E-state index >= 15 is 0 Å². The van der Waals surface area contributed by atoms with Crippen molar-refractivity contribution < 1.29 is 5.11 Å². The highest BCUT2D eigenvalue weighted by atomic mass is 32.1. The zero-order valence-corrected chi connectivity index (χ0v) is 25.8.